The summed E-state index contributed by atoms with van der Waals surface area (Å²) in [5.41, 5.74) is 0. The molecule has 0 aromatic heterocycles. The van der Waals surface area contributed by atoms with Crippen molar-refractivity contribution in [2.75, 3.05) is 13.7 Å². The summed E-state index contributed by atoms with van der Waals surface area (Å²) < 4.78 is 45.0. The molecule has 1 aromatic carbocycles. The first-order valence-electron chi connectivity index (χ1n) is 7.45. The van der Waals surface area contributed by atoms with Gasteiger partial charge in [0.25, 0.3) is 0 Å². The summed E-state index contributed by atoms with van der Waals surface area (Å²) in [6.45, 7) is -0.0549. The zero-order chi connectivity index (χ0) is 16.2. The molecule has 0 saturated heterocycles. The Morgan fingerprint density at radius 3 is 2.64 bits per heavy atom. The van der Waals surface area contributed by atoms with Crippen LogP contribution in [0.3, 0.4) is 0 Å². The molecule has 1 aromatic rings. The predicted molar refractivity (Wildman–Crippen MR) is 80.7 cm³/mol. The summed E-state index contributed by atoms with van der Waals surface area (Å²) in [6, 6.07) is 3.45. The summed E-state index contributed by atoms with van der Waals surface area (Å²) in [6.07, 6.45) is 4.43. The summed E-state index contributed by atoms with van der Waals surface area (Å²) in [7, 11) is -2.54. The quantitative estimate of drug-likeness (QED) is 0.836. The number of sulfonamides is 1. The molecule has 2 N–H and O–H groups in total. The Balaban J connectivity index is 1.99. The third-order valence-corrected chi connectivity index (χ3v) is 5.53. The minimum absolute atomic E-state index is 0.0128. The maximum Gasteiger partial charge on any atom is 0.240 e. The van der Waals surface area contributed by atoms with E-state index in [0.717, 1.165) is 31.7 Å². The number of rotatable bonds is 6. The molecule has 22 heavy (non-hydrogen) atoms. The van der Waals surface area contributed by atoms with Crippen LogP contribution in [0.1, 0.15) is 32.1 Å². The number of methoxy groups -OCH3 is 1. The molecule has 0 spiro atoms. The Bertz CT molecular complexity index is 600. The third-order valence-electron chi connectivity index (χ3n) is 4.11. The molecule has 5 nitrogen and oxygen atoms in total. The molecule has 0 radical (unpaired) electrons. The molecule has 0 amide bonds. The number of hydrogen-bond donors (Lipinski definition) is 2. The molecule has 1 atom stereocenters. The largest absolute Gasteiger partial charge is 0.494 e. The summed E-state index contributed by atoms with van der Waals surface area (Å²) in [5.74, 6) is -0.622. The average Bonchev–Trinajstić information content (AvgIpc) is 2.53. The predicted octanol–water partition coefficient (Wildman–Crippen LogP) is 2.05. The van der Waals surface area contributed by atoms with Gasteiger partial charge in [-0.15, -0.1) is 0 Å². The van der Waals surface area contributed by atoms with E-state index in [1.54, 1.807) is 0 Å². The highest BCUT2D eigenvalue weighted by molar-refractivity contribution is 7.89. The fourth-order valence-electron chi connectivity index (χ4n) is 2.78. The van der Waals surface area contributed by atoms with Gasteiger partial charge in [-0.2, -0.15) is 0 Å². The highest BCUT2D eigenvalue weighted by atomic mass is 32.2. The third kappa shape index (κ3) is 4.18. The number of aliphatic hydroxyl groups is 1. The van der Waals surface area contributed by atoms with Gasteiger partial charge in [0.05, 0.1) is 18.1 Å². The van der Waals surface area contributed by atoms with E-state index in [-0.39, 0.29) is 23.1 Å². The van der Waals surface area contributed by atoms with E-state index in [0.29, 0.717) is 0 Å². The van der Waals surface area contributed by atoms with Crippen molar-refractivity contribution in [2.24, 2.45) is 5.92 Å². The lowest BCUT2D eigenvalue weighted by Gasteiger charge is -2.26. The second-order valence-electron chi connectivity index (χ2n) is 5.61. The molecule has 0 bridgehead atoms. The van der Waals surface area contributed by atoms with Gasteiger partial charge in [0.2, 0.25) is 10.0 Å². The first-order valence-corrected chi connectivity index (χ1v) is 8.93. The fraction of sp³-hybridized carbons (Fsp3) is 0.600. The van der Waals surface area contributed by atoms with E-state index in [2.05, 4.69) is 4.72 Å². The fourth-order valence-corrected chi connectivity index (χ4v) is 3.84. The molecule has 1 fully saturated rings. The highest BCUT2D eigenvalue weighted by Gasteiger charge is 2.24. The van der Waals surface area contributed by atoms with E-state index in [9.17, 15) is 17.9 Å². The van der Waals surface area contributed by atoms with Crippen LogP contribution in [0.5, 0.6) is 5.75 Å². The molecule has 1 aliphatic rings. The topological polar surface area (TPSA) is 75.6 Å². The first-order chi connectivity index (χ1) is 10.4. The maximum absolute atomic E-state index is 13.6. The Kier molecular flexibility index (Phi) is 5.77. The Hall–Kier alpha value is -1.18. The number of halogens is 1. The highest BCUT2D eigenvalue weighted by Crippen LogP contribution is 2.26. The summed E-state index contributed by atoms with van der Waals surface area (Å²) in [5, 5.41) is 10.1. The molecule has 1 saturated carbocycles. The van der Waals surface area contributed by atoms with Gasteiger partial charge in [-0.25, -0.2) is 17.5 Å². The molecule has 0 unspecified atom stereocenters. The van der Waals surface area contributed by atoms with Gasteiger partial charge >= 0.3 is 0 Å². The van der Waals surface area contributed by atoms with Crippen LogP contribution in [0.4, 0.5) is 4.39 Å². The zero-order valence-electron chi connectivity index (χ0n) is 12.6. The van der Waals surface area contributed by atoms with E-state index in [1.807, 2.05) is 0 Å². The van der Waals surface area contributed by atoms with Gasteiger partial charge in [-0.3, -0.25) is 0 Å². The van der Waals surface area contributed by atoms with Crippen molar-refractivity contribution in [1.29, 1.82) is 0 Å². The molecule has 0 aliphatic heterocycles. The number of aliphatic hydroxyl groups excluding tert-OH is 1. The Morgan fingerprint density at radius 1 is 1.36 bits per heavy atom. The van der Waals surface area contributed by atoms with E-state index >= 15 is 0 Å². The van der Waals surface area contributed by atoms with Gasteiger partial charge in [0.15, 0.2) is 11.6 Å². The normalized spacial score (nSPS) is 18.1. The van der Waals surface area contributed by atoms with Crippen LogP contribution in [0.15, 0.2) is 23.1 Å². The van der Waals surface area contributed by atoms with Crippen molar-refractivity contribution in [1.82, 2.24) is 4.72 Å². The van der Waals surface area contributed by atoms with Crippen molar-refractivity contribution >= 4 is 10.0 Å². The number of hydrogen-bond acceptors (Lipinski definition) is 4. The van der Waals surface area contributed by atoms with Crippen LogP contribution in [0.25, 0.3) is 0 Å². The first kappa shape index (κ1) is 17.2. The number of nitrogens with one attached hydrogen (secondary N) is 1. The van der Waals surface area contributed by atoms with Gasteiger partial charge in [-0.1, -0.05) is 19.3 Å². The Morgan fingerprint density at radius 2 is 2.05 bits per heavy atom. The summed E-state index contributed by atoms with van der Waals surface area (Å²) >= 11 is 0. The van der Waals surface area contributed by atoms with E-state index in [4.69, 9.17) is 4.74 Å². The summed E-state index contributed by atoms with van der Waals surface area (Å²) in [4.78, 5) is -0.179. The van der Waals surface area contributed by atoms with Crippen molar-refractivity contribution in [2.45, 2.75) is 43.1 Å². The zero-order valence-corrected chi connectivity index (χ0v) is 13.4. The molecule has 7 heteroatoms. The van der Waals surface area contributed by atoms with Crippen molar-refractivity contribution in [3.05, 3.63) is 24.0 Å². The lowest BCUT2D eigenvalue weighted by atomic mass is 9.85. The van der Waals surface area contributed by atoms with Gasteiger partial charge < -0.3 is 9.84 Å². The molecular weight excluding hydrogens is 309 g/mol. The van der Waals surface area contributed by atoms with Gasteiger partial charge in [0.1, 0.15) is 0 Å². The van der Waals surface area contributed by atoms with Gasteiger partial charge in [0, 0.05) is 6.54 Å². The van der Waals surface area contributed by atoms with Crippen LogP contribution in [-0.4, -0.2) is 33.3 Å². The number of benzene rings is 1. The van der Waals surface area contributed by atoms with Crippen LogP contribution in [-0.2, 0) is 10.0 Å². The second kappa shape index (κ2) is 7.39. The smallest absolute Gasteiger partial charge is 0.240 e. The minimum Gasteiger partial charge on any atom is -0.494 e. The van der Waals surface area contributed by atoms with Crippen LogP contribution < -0.4 is 9.46 Å². The monoisotopic (exact) mass is 331 g/mol. The lowest BCUT2D eigenvalue weighted by molar-refractivity contribution is 0.0888. The minimum atomic E-state index is -3.85. The molecule has 1 aliphatic carbocycles. The van der Waals surface area contributed by atoms with Crippen molar-refractivity contribution in [3.63, 3.8) is 0 Å². The van der Waals surface area contributed by atoms with Crippen molar-refractivity contribution in [3.8, 4) is 5.75 Å². The van der Waals surface area contributed by atoms with Crippen LogP contribution >= 0.6 is 0 Å². The molecular formula is C15H22FNO4S. The van der Waals surface area contributed by atoms with Crippen LogP contribution in [0.2, 0.25) is 0 Å². The Labute approximate surface area is 130 Å². The number of ether oxygens (including phenoxy) is 1. The van der Waals surface area contributed by atoms with E-state index in [1.165, 1.54) is 25.7 Å². The molecule has 124 valence electrons. The van der Waals surface area contributed by atoms with Crippen LogP contribution in [0, 0.1) is 11.7 Å². The molecule has 0 heterocycles. The lowest BCUT2D eigenvalue weighted by Crippen LogP contribution is -2.37. The second-order valence-corrected chi connectivity index (χ2v) is 7.38. The SMILES string of the molecule is COc1ccc(S(=O)(=O)NC[C@@H](O)C2CCCCC2)cc1F. The van der Waals surface area contributed by atoms with E-state index < -0.39 is 21.9 Å². The van der Waals surface area contributed by atoms with Gasteiger partial charge in [-0.05, 0) is 37.0 Å². The van der Waals surface area contributed by atoms with Crippen molar-refractivity contribution < 1.29 is 22.7 Å². The maximum atomic E-state index is 13.6. The molecule has 2 rings (SSSR count). The standard InChI is InChI=1S/C15H22FNO4S/c1-21-15-8-7-12(9-13(15)16)22(19,20)17-10-14(18)11-5-3-2-4-6-11/h7-9,11,14,17-18H,2-6,10H2,1H3/t14-/m1/s1. The average molecular weight is 331 g/mol.